The molecule has 0 amide bonds. The molecule has 0 unspecified atom stereocenters. The van der Waals surface area contributed by atoms with E-state index in [1.807, 2.05) is 43.3 Å². The van der Waals surface area contributed by atoms with E-state index in [9.17, 15) is 0 Å². The molecule has 0 spiro atoms. The van der Waals surface area contributed by atoms with Crippen LogP contribution in [0.5, 0.6) is 5.75 Å². The minimum atomic E-state index is -1.42. The number of ether oxygens (including phenoxy) is 1. The van der Waals surface area contributed by atoms with Gasteiger partial charge in [0.2, 0.25) is 0 Å². The van der Waals surface area contributed by atoms with E-state index >= 15 is 0 Å². The van der Waals surface area contributed by atoms with Gasteiger partial charge in [-0.1, -0.05) is 36.4 Å². The van der Waals surface area contributed by atoms with E-state index in [0.29, 0.717) is 12.1 Å². The molecule has 0 saturated heterocycles. The van der Waals surface area contributed by atoms with Crippen LogP contribution in [-0.4, -0.2) is 23.8 Å². The maximum Gasteiger partial charge on any atom is 0.488 e. The topological polar surface area (TPSA) is 49.7 Å². The van der Waals surface area contributed by atoms with Gasteiger partial charge in [-0.3, -0.25) is 0 Å². The summed E-state index contributed by atoms with van der Waals surface area (Å²) in [5.41, 5.74) is 2.59. The summed E-state index contributed by atoms with van der Waals surface area (Å²) >= 11 is 0. The normalized spacial score (nSPS) is 10.2. The van der Waals surface area contributed by atoms with Crippen molar-refractivity contribution in [2.24, 2.45) is 0 Å². The summed E-state index contributed by atoms with van der Waals surface area (Å²) in [4.78, 5) is 0. The van der Waals surface area contributed by atoms with Crippen molar-refractivity contribution in [3.05, 3.63) is 48.5 Å². The first-order valence-corrected chi connectivity index (χ1v) is 5.90. The summed E-state index contributed by atoms with van der Waals surface area (Å²) in [5.74, 6) is 0.851. The van der Waals surface area contributed by atoms with Crippen LogP contribution in [0.3, 0.4) is 0 Å². The Kier molecular flexibility index (Phi) is 4.02. The molecule has 0 radical (unpaired) electrons. The molecule has 2 aromatic rings. The van der Waals surface area contributed by atoms with Gasteiger partial charge in [0.05, 0.1) is 6.61 Å². The Labute approximate surface area is 107 Å². The van der Waals surface area contributed by atoms with E-state index in [1.165, 1.54) is 0 Å². The van der Waals surface area contributed by atoms with Crippen molar-refractivity contribution in [1.29, 1.82) is 0 Å². The van der Waals surface area contributed by atoms with Gasteiger partial charge in [-0.25, -0.2) is 0 Å². The second-order valence-corrected chi connectivity index (χ2v) is 3.95. The smallest absolute Gasteiger partial charge is 0.488 e. The molecule has 2 aromatic carbocycles. The Morgan fingerprint density at radius 3 is 1.83 bits per heavy atom. The molecule has 0 aromatic heterocycles. The minimum Gasteiger partial charge on any atom is -0.494 e. The van der Waals surface area contributed by atoms with E-state index in [1.54, 1.807) is 12.1 Å². The van der Waals surface area contributed by atoms with E-state index in [2.05, 4.69) is 0 Å². The van der Waals surface area contributed by atoms with Crippen molar-refractivity contribution in [3.63, 3.8) is 0 Å². The van der Waals surface area contributed by atoms with E-state index in [4.69, 9.17) is 14.8 Å². The Hall–Kier alpha value is -1.78. The molecule has 0 atom stereocenters. The molecule has 0 aliphatic carbocycles. The molecule has 0 heterocycles. The van der Waals surface area contributed by atoms with Crippen LogP contribution in [0.4, 0.5) is 0 Å². The zero-order valence-electron chi connectivity index (χ0n) is 10.2. The lowest BCUT2D eigenvalue weighted by Gasteiger charge is -2.06. The predicted octanol–water partition coefficient (Wildman–Crippen LogP) is 1.43. The maximum absolute atomic E-state index is 9.02. The van der Waals surface area contributed by atoms with Crippen LogP contribution >= 0.6 is 0 Å². The fourth-order valence-corrected chi connectivity index (χ4v) is 1.76. The first kappa shape index (κ1) is 12.7. The molecule has 4 heteroatoms. The van der Waals surface area contributed by atoms with Crippen LogP contribution in [0.15, 0.2) is 48.5 Å². The highest BCUT2D eigenvalue weighted by Gasteiger charge is 2.09. The molecule has 0 aliphatic heterocycles. The van der Waals surface area contributed by atoms with Crippen molar-refractivity contribution in [2.75, 3.05) is 6.61 Å². The van der Waals surface area contributed by atoms with Crippen molar-refractivity contribution in [2.45, 2.75) is 6.92 Å². The minimum absolute atomic E-state index is 0.490. The zero-order valence-corrected chi connectivity index (χ0v) is 10.2. The average molecular weight is 242 g/mol. The lowest BCUT2D eigenvalue weighted by atomic mass is 9.80. The number of hydrogen-bond acceptors (Lipinski definition) is 3. The van der Waals surface area contributed by atoms with Crippen LogP contribution in [0, 0.1) is 0 Å². The Morgan fingerprint density at radius 2 is 1.39 bits per heavy atom. The summed E-state index contributed by atoms with van der Waals surface area (Å²) in [6.45, 7) is 2.61. The molecule has 3 nitrogen and oxygen atoms in total. The van der Waals surface area contributed by atoms with Gasteiger partial charge in [-0.15, -0.1) is 0 Å². The monoisotopic (exact) mass is 242 g/mol. The SMILES string of the molecule is CCOc1ccc(-c2ccc(B(O)O)cc2)cc1. The van der Waals surface area contributed by atoms with Gasteiger partial charge in [-0.05, 0) is 35.6 Å². The van der Waals surface area contributed by atoms with Gasteiger partial charge in [0, 0.05) is 0 Å². The van der Waals surface area contributed by atoms with E-state index in [-0.39, 0.29) is 0 Å². The number of hydrogen-bond donors (Lipinski definition) is 2. The van der Waals surface area contributed by atoms with Gasteiger partial charge < -0.3 is 14.8 Å². The summed E-state index contributed by atoms with van der Waals surface area (Å²) < 4.78 is 5.38. The van der Waals surface area contributed by atoms with Crippen LogP contribution in [0.2, 0.25) is 0 Å². The number of rotatable bonds is 4. The van der Waals surface area contributed by atoms with Gasteiger partial charge in [0.25, 0.3) is 0 Å². The largest absolute Gasteiger partial charge is 0.494 e. The summed E-state index contributed by atoms with van der Waals surface area (Å²) in [7, 11) is -1.42. The summed E-state index contributed by atoms with van der Waals surface area (Å²) in [6, 6.07) is 15.0. The molecule has 0 bridgehead atoms. The van der Waals surface area contributed by atoms with Crippen LogP contribution in [0.1, 0.15) is 6.92 Å². The van der Waals surface area contributed by atoms with E-state index < -0.39 is 7.12 Å². The standard InChI is InChI=1S/C14H15BO3/c1-2-18-14-9-5-12(6-10-14)11-3-7-13(8-4-11)15(16)17/h3-10,16-17H,2H2,1H3. The zero-order chi connectivity index (χ0) is 13.0. The molecule has 2 N–H and O–H groups in total. The summed E-state index contributed by atoms with van der Waals surface area (Å²) in [6.07, 6.45) is 0. The van der Waals surface area contributed by atoms with Crippen molar-refractivity contribution >= 4 is 12.6 Å². The van der Waals surface area contributed by atoms with Crippen molar-refractivity contribution in [3.8, 4) is 16.9 Å². The second-order valence-electron chi connectivity index (χ2n) is 3.95. The molecular formula is C14H15BO3. The summed E-state index contributed by atoms with van der Waals surface area (Å²) in [5, 5.41) is 18.0. The highest BCUT2D eigenvalue weighted by Crippen LogP contribution is 2.21. The second kappa shape index (κ2) is 5.71. The third-order valence-corrected chi connectivity index (χ3v) is 2.71. The maximum atomic E-state index is 9.02. The molecule has 92 valence electrons. The Balaban J connectivity index is 2.20. The fraction of sp³-hybridized carbons (Fsp3) is 0.143. The molecule has 0 aliphatic rings. The molecule has 0 fully saturated rings. The quantitative estimate of drug-likeness (QED) is 0.797. The highest BCUT2D eigenvalue weighted by atomic mass is 16.5. The van der Waals surface area contributed by atoms with Crippen LogP contribution in [-0.2, 0) is 0 Å². The lowest BCUT2D eigenvalue weighted by molar-refractivity contribution is 0.340. The lowest BCUT2D eigenvalue weighted by Crippen LogP contribution is -2.29. The molecule has 0 saturated carbocycles. The van der Waals surface area contributed by atoms with Gasteiger partial charge in [0.1, 0.15) is 5.75 Å². The third kappa shape index (κ3) is 2.91. The molecule has 18 heavy (non-hydrogen) atoms. The highest BCUT2D eigenvalue weighted by molar-refractivity contribution is 6.58. The third-order valence-electron chi connectivity index (χ3n) is 2.71. The fourth-order valence-electron chi connectivity index (χ4n) is 1.76. The van der Waals surface area contributed by atoms with Gasteiger partial charge in [-0.2, -0.15) is 0 Å². The first-order chi connectivity index (χ1) is 8.70. The van der Waals surface area contributed by atoms with Crippen LogP contribution in [0.25, 0.3) is 11.1 Å². The first-order valence-electron chi connectivity index (χ1n) is 5.90. The van der Waals surface area contributed by atoms with E-state index in [0.717, 1.165) is 16.9 Å². The number of benzene rings is 2. The molecule has 2 rings (SSSR count). The Bertz CT molecular complexity index is 491. The van der Waals surface area contributed by atoms with Crippen molar-refractivity contribution < 1.29 is 14.8 Å². The van der Waals surface area contributed by atoms with Gasteiger partial charge >= 0.3 is 7.12 Å². The van der Waals surface area contributed by atoms with Crippen LogP contribution < -0.4 is 10.2 Å². The predicted molar refractivity (Wildman–Crippen MR) is 72.9 cm³/mol. The Morgan fingerprint density at radius 1 is 0.889 bits per heavy atom. The average Bonchev–Trinajstić information content (AvgIpc) is 2.40. The molecular weight excluding hydrogens is 227 g/mol. The van der Waals surface area contributed by atoms with Gasteiger partial charge in [0.15, 0.2) is 0 Å². The van der Waals surface area contributed by atoms with Crippen molar-refractivity contribution in [1.82, 2.24) is 0 Å².